The second-order valence-electron chi connectivity index (χ2n) is 5.40. The van der Waals surface area contributed by atoms with Crippen molar-refractivity contribution in [2.75, 3.05) is 13.2 Å². The predicted octanol–water partition coefficient (Wildman–Crippen LogP) is 2.70. The highest BCUT2D eigenvalue weighted by Gasteiger charge is 2.20. The molecule has 116 valence electrons. The molecule has 1 aliphatic rings. The lowest BCUT2D eigenvalue weighted by Gasteiger charge is -2.18. The van der Waals surface area contributed by atoms with Crippen molar-refractivity contribution >= 4 is 6.03 Å². The summed E-state index contributed by atoms with van der Waals surface area (Å²) in [6, 6.07) is 11.7. The Morgan fingerprint density at radius 3 is 2.91 bits per heavy atom. The maximum Gasteiger partial charge on any atom is 0.315 e. The van der Waals surface area contributed by atoms with Gasteiger partial charge in [0.1, 0.15) is 5.75 Å². The van der Waals surface area contributed by atoms with Gasteiger partial charge < -0.3 is 19.9 Å². The highest BCUT2D eigenvalue weighted by molar-refractivity contribution is 5.74. The summed E-state index contributed by atoms with van der Waals surface area (Å²) in [6.45, 7) is 2.07. The van der Waals surface area contributed by atoms with Gasteiger partial charge in [0.15, 0.2) is 0 Å². The molecule has 5 heteroatoms. The van der Waals surface area contributed by atoms with Crippen LogP contribution >= 0.6 is 0 Å². The van der Waals surface area contributed by atoms with Crippen molar-refractivity contribution < 1.29 is 9.53 Å². The third-order valence-electron chi connectivity index (χ3n) is 3.82. The number of rotatable bonds is 4. The highest BCUT2D eigenvalue weighted by Crippen LogP contribution is 2.30. The fraction of sp³-hybridized carbons (Fsp3) is 0.353. The van der Waals surface area contributed by atoms with Crippen molar-refractivity contribution in [2.45, 2.75) is 25.4 Å². The Morgan fingerprint density at radius 2 is 2.05 bits per heavy atom. The van der Waals surface area contributed by atoms with Crippen molar-refractivity contribution in [3.8, 4) is 5.75 Å². The molecule has 1 atom stereocenters. The summed E-state index contributed by atoms with van der Waals surface area (Å²) in [6.07, 6.45) is 5.79. The van der Waals surface area contributed by atoms with Crippen molar-refractivity contribution in [1.82, 2.24) is 15.2 Å². The Kier molecular flexibility index (Phi) is 4.63. The molecule has 0 bridgehead atoms. The zero-order valence-corrected chi connectivity index (χ0v) is 12.5. The number of carbonyl (C=O) groups is 1. The summed E-state index contributed by atoms with van der Waals surface area (Å²) in [5.41, 5.74) is 1.06. The minimum Gasteiger partial charge on any atom is -0.493 e. The van der Waals surface area contributed by atoms with E-state index >= 15 is 0 Å². The van der Waals surface area contributed by atoms with Crippen LogP contribution in [0.5, 0.6) is 5.75 Å². The van der Waals surface area contributed by atoms with Gasteiger partial charge in [-0.3, -0.25) is 0 Å². The fourth-order valence-electron chi connectivity index (χ4n) is 2.70. The molecule has 0 aliphatic carbocycles. The average Bonchev–Trinajstić information content (AvgIpc) is 2.96. The number of ether oxygens (including phenoxy) is 1. The molecule has 3 rings (SSSR count). The molecule has 0 radical (unpaired) electrons. The van der Waals surface area contributed by atoms with Crippen LogP contribution in [-0.2, 0) is 6.54 Å². The molecule has 1 aromatic heterocycles. The summed E-state index contributed by atoms with van der Waals surface area (Å²) < 4.78 is 7.75. The molecule has 0 fully saturated rings. The van der Waals surface area contributed by atoms with Crippen LogP contribution in [-0.4, -0.2) is 23.7 Å². The Balaban J connectivity index is 1.54. The standard InChI is InChI=1S/C17H21N3O2/c21-17(18-9-12-20-10-3-4-11-20)19-15-7-5-13-22-16-8-2-1-6-14(15)16/h1-4,6,8,10-11,15H,5,7,9,12-13H2,(H2,18,19,21)/t15-/m0/s1. The molecular weight excluding hydrogens is 278 g/mol. The maximum absolute atomic E-state index is 12.1. The van der Waals surface area contributed by atoms with E-state index in [1.807, 2.05) is 53.4 Å². The van der Waals surface area contributed by atoms with E-state index in [0.717, 1.165) is 30.7 Å². The topological polar surface area (TPSA) is 55.3 Å². The second kappa shape index (κ2) is 7.02. The zero-order valence-electron chi connectivity index (χ0n) is 12.5. The van der Waals surface area contributed by atoms with Gasteiger partial charge in [-0.2, -0.15) is 0 Å². The van der Waals surface area contributed by atoms with E-state index in [1.54, 1.807) is 0 Å². The van der Waals surface area contributed by atoms with Gasteiger partial charge in [0.2, 0.25) is 0 Å². The van der Waals surface area contributed by atoms with Crippen LogP contribution in [0.4, 0.5) is 4.79 Å². The third kappa shape index (κ3) is 3.61. The number of urea groups is 1. The smallest absolute Gasteiger partial charge is 0.315 e. The number of carbonyl (C=O) groups excluding carboxylic acids is 1. The Hall–Kier alpha value is -2.43. The van der Waals surface area contributed by atoms with Gasteiger partial charge in [-0.15, -0.1) is 0 Å². The van der Waals surface area contributed by atoms with Gasteiger partial charge in [0.25, 0.3) is 0 Å². The predicted molar refractivity (Wildman–Crippen MR) is 84.9 cm³/mol. The molecule has 0 saturated heterocycles. The highest BCUT2D eigenvalue weighted by atomic mass is 16.5. The minimum atomic E-state index is -0.131. The van der Waals surface area contributed by atoms with Crippen LogP contribution in [0.1, 0.15) is 24.4 Å². The Bertz CT molecular complexity index is 610. The lowest BCUT2D eigenvalue weighted by Crippen LogP contribution is -2.39. The molecule has 0 spiro atoms. The van der Waals surface area contributed by atoms with Crippen LogP contribution < -0.4 is 15.4 Å². The van der Waals surface area contributed by atoms with Crippen LogP contribution in [0.2, 0.25) is 0 Å². The van der Waals surface area contributed by atoms with Gasteiger partial charge in [-0.05, 0) is 31.0 Å². The molecule has 2 aromatic rings. The molecule has 2 N–H and O–H groups in total. The number of hydrogen-bond acceptors (Lipinski definition) is 2. The van der Waals surface area contributed by atoms with Gasteiger partial charge in [-0.1, -0.05) is 18.2 Å². The Morgan fingerprint density at radius 1 is 1.23 bits per heavy atom. The average molecular weight is 299 g/mol. The first-order valence-corrected chi connectivity index (χ1v) is 7.70. The molecule has 2 heterocycles. The summed E-state index contributed by atoms with van der Waals surface area (Å²) in [5.74, 6) is 0.873. The lowest BCUT2D eigenvalue weighted by molar-refractivity contribution is 0.236. The molecule has 1 aromatic carbocycles. The van der Waals surface area contributed by atoms with Crippen molar-refractivity contribution in [3.05, 3.63) is 54.4 Å². The number of hydrogen-bond donors (Lipinski definition) is 2. The first-order chi connectivity index (χ1) is 10.8. The summed E-state index contributed by atoms with van der Waals surface area (Å²) in [4.78, 5) is 12.1. The van der Waals surface area contributed by atoms with Crippen LogP contribution in [0.25, 0.3) is 0 Å². The number of nitrogens with one attached hydrogen (secondary N) is 2. The van der Waals surface area contributed by atoms with Gasteiger partial charge in [0, 0.05) is 31.0 Å². The lowest BCUT2D eigenvalue weighted by atomic mass is 10.0. The van der Waals surface area contributed by atoms with Crippen LogP contribution in [0, 0.1) is 0 Å². The Labute approximate surface area is 130 Å². The van der Waals surface area contributed by atoms with Crippen LogP contribution in [0.3, 0.4) is 0 Å². The number of benzene rings is 1. The molecule has 1 aliphatic heterocycles. The van der Waals surface area contributed by atoms with E-state index in [9.17, 15) is 4.79 Å². The maximum atomic E-state index is 12.1. The molecule has 2 amide bonds. The monoisotopic (exact) mass is 299 g/mol. The fourth-order valence-corrected chi connectivity index (χ4v) is 2.70. The van der Waals surface area contributed by atoms with Crippen LogP contribution in [0.15, 0.2) is 48.8 Å². The second-order valence-corrected chi connectivity index (χ2v) is 5.40. The first-order valence-electron chi connectivity index (χ1n) is 7.70. The molecule has 0 unspecified atom stereocenters. The SMILES string of the molecule is O=C(NCCn1cccc1)N[C@H]1CCCOc2ccccc21. The molecular formula is C17H21N3O2. The van der Waals surface area contributed by atoms with E-state index in [1.165, 1.54) is 0 Å². The van der Waals surface area contributed by atoms with Gasteiger partial charge in [0.05, 0.1) is 12.6 Å². The number of aromatic nitrogens is 1. The van der Waals surface area contributed by atoms with E-state index in [-0.39, 0.29) is 12.1 Å². The van der Waals surface area contributed by atoms with Crippen molar-refractivity contribution in [2.24, 2.45) is 0 Å². The molecule has 22 heavy (non-hydrogen) atoms. The number of nitrogens with zero attached hydrogens (tertiary/aromatic N) is 1. The van der Waals surface area contributed by atoms with Gasteiger partial charge >= 0.3 is 6.03 Å². The van der Waals surface area contributed by atoms with E-state index in [0.29, 0.717) is 13.2 Å². The summed E-state index contributed by atoms with van der Waals surface area (Å²) in [7, 11) is 0. The number of para-hydroxylation sites is 1. The molecule has 5 nitrogen and oxygen atoms in total. The van der Waals surface area contributed by atoms with E-state index in [4.69, 9.17) is 4.74 Å². The third-order valence-corrected chi connectivity index (χ3v) is 3.82. The normalized spacial score (nSPS) is 17.0. The molecule has 0 saturated carbocycles. The summed E-state index contributed by atoms with van der Waals surface area (Å²) in [5, 5.41) is 5.96. The van der Waals surface area contributed by atoms with E-state index < -0.39 is 0 Å². The first kappa shape index (κ1) is 14.5. The van der Waals surface area contributed by atoms with Gasteiger partial charge in [-0.25, -0.2) is 4.79 Å². The number of fused-ring (bicyclic) bond motifs is 1. The zero-order chi connectivity index (χ0) is 15.2. The largest absolute Gasteiger partial charge is 0.493 e. The van der Waals surface area contributed by atoms with E-state index in [2.05, 4.69) is 10.6 Å². The van der Waals surface area contributed by atoms with Crippen molar-refractivity contribution in [3.63, 3.8) is 0 Å². The quantitative estimate of drug-likeness (QED) is 0.912. The number of amides is 2. The van der Waals surface area contributed by atoms with Crippen molar-refractivity contribution in [1.29, 1.82) is 0 Å². The summed E-state index contributed by atoms with van der Waals surface area (Å²) >= 11 is 0. The minimum absolute atomic E-state index is 0.00489.